The number of guanidine groups is 1. The Labute approximate surface area is 166 Å². The molecule has 0 aromatic heterocycles. The number of nitrogens with two attached hydrogens (primary N) is 1. The van der Waals surface area contributed by atoms with Gasteiger partial charge in [-0.2, -0.15) is 0 Å². The molecule has 0 aliphatic heterocycles. The van der Waals surface area contributed by atoms with Crippen molar-refractivity contribution in [1.82, 2.24) is 0 Å². The molecule has 0 radical (unpaired) electrons. The Bertz CT molecular complexity index is 705. The first-order valence-electron chi connectivity index (χ1n) is 7.98. The molecular weight excluding hydrogens is 429 g/mol. The fourth-order valence-corrected chi connectivity index (χ4v) is 2.39. The predicted octanol–water partition coefficient (Wildman–Crippen LogP) is 4.34. The molecule has 2 aromatic carbocycles. The van der Waals surface area contributed by atoms with Crippen LogP contribution in [0.2, 0.25) is 0 Å². The van der Waals surface area contributed by atoms with Crippen LogP contribution < -0.4 is 15.8 Å². The number of nitrogens with zero attached hydrogens (tertiary/aromatic N) is 1. The molecule has 5 nitrogen and oxygen atoms in total. The summed E-state index contributed by atoms with van der Waals surface area (Å²) in [4.78, 5) is 4.34. The first kappa shape index (κ1) is 21.1. The molecule has 2 rings (SSSR count). The van der Waals surface area contributed by atoms with Gasteiger partial charge in [-0.1, -0.05) is 12.1 Å². The molecule has 0 bridgehead atoms. The average Bonchev–Trinajstić information content (AvgIpc) is 2.52. The van der Waals surface area contributed by atoms with E-state index in [0.717, 1.165) is 28.1 Å². The first-order valence-corrected chi connectivity index (χ1v) is 7.98. The average molecular weight is 455 g/mol. The lowest BCUT2D eigenvalue weighted by Gasteiger charge is -2.11. The molecule has 2 aromatic rings. The maximum atomic E-state index is 9.80. The van der Waals surface area contributed by atoms with E-state index in [1.807, 2.05) is 64.1 Å². The van der Waals surface area contributed by atoms with Crippen LogP contribution in [0.25, 0.3) is 0 Å². The number of benzene rings is 2. The molecule has 0 saturated carbocycles. The predicted molar refractivity (Wildman–Crippen MR) is 114 cm³/mol. The van der Waals surface area contributed by atoms with E-state index in [4.69, 9.17) is 10.5 Å². The Kier molecular flexibility index (Phi) is 8.02. The van der Waals surface area contributed by atoms with Gasteiger partial charge in [-0.15, -0.1) is 24.0 Å². The smallest absolute Gasteiger partial charge is 0.193 e. The Morgan fingerprint density at radius 2 is 1.72 bits per heavy atom. The van der Waals surface area contributed by atoms with Gasteiger partial charge in [0.05, 0.1) is 12.6 Å². The second-order valence-corrected chi connectivity index (χ2v) is 6.10. The number of hydrogen-bond acceptors (Lipinski definition) is 3. The van der Waals surface area contributed by atoms with E-state index >= 15 is 0 Å². The molecule has 0 saturated heterocycles. The van der Waals surface area contributed by atoms with Gasteiger partial charge in [-0.25, -0.2) is 4.99 Å². The molecule has 0 amide bonds. The summed E-state index contributed by atoms with van der Waals surface area (Å²) < 4.78 is 5.60. The monoisotopic (exact) mass is 455 g/mol. The van der Waals surface area contributed by atoms with Gasteiger partial charge in [-0.05, 0) is 68.7 Å². The third-order valence-electron chi connectivity index (χ3n) is 3.48. The Balaban J connectivity index is 0.00000312. The quantitative estimate of drug-likeness (QED) is 0.356. The zero-order valence-corrected chi connectivity index (χ0v) is 17.4. The number of phenols is 1. The second kappa shape index (κ2) is 9.50. The topological polar surface area (TPSA) is 79.9 Å². The lowest BCUT2D eigenvalue weighted by Crippen LogP contribution is -2.22. The minimum atomic E-state index is 0. The van der Waals surface area contributed by atoms with Crippen LogP contribution in [0.4, 0.5) is 5.69 Å². The number of anilines is 1. The van der Waals surface area contributed by atoms with Gasteiger partial charge in [0, 0.05) is 5.69 Å². The van der Waals surface area contributed by atoms with E-state index in [0.29, 0.717) is 18.3 Å². The first-order chi connectivity index (χ1) is 11.3. The third-order valence-corrected chi connectivity index (χ3v) is 3.48. The molecule has 0 heterocycles. The third kappa shape index (κ3) is 6.45. The van der Waals surface area contributed by atoms with Gasteiger partial charge in [0.2, 0.25) is 0 Å². The highest BCUT2D eigenvalue weighted by molar-refractivity contribution is 14.0. The number of halogens is 1. The summed E-state index contributed by atoms with van der Waals surface area (Å²) in [5.41, 5.74) is 9.48. The summed E-state index contributed by atoms with van der Waals surface area (Å²) in [6.45, 7) is 8.18. The van der Waals surface area contributed by atoms with Crippen LogP contribution in [-0.2, 0) is 6.54 Å². The normalized spacial score (nSPS) is 11.2. The lowest BCUT2D eigenvalue weighted by molar-refractivity contribution is 0.242. The van der Waals surface area contributed by atoms with Gasteiger partial charge in [-0.3, -0.25) is 0 Å². The Morgan fingerprint density at radius 1 is 1.16 bits per heavy atom. The van der Waals surface area contributed by atoms with Crippen LogP contribution in [0.3, 0.4) is 0 Å². The van der Waals surface area contributed by atoms with Crippen molar-refractivity contribution in [2.45, 2.75) is 40.3 Å². The van der Waals surface area contributed by atoms with Gasteiger partial charge < -0.3 is 20.9 Å². The number of ether oxygens (including phenoxy) is 1. The van der Waals surface area contributed by atoms with Crippen molar-refractivity contribution in [3.63, 3.8) is 0 Å². The lowest BCUT2D eigenvalue weighted by atomic mass is 10.1. The SMILES string of the molecule is Cc1cc(CN=C(N)Nc2ccc(OC(C)C)cc2)cc(C)c1O.I. The van der Waals surface area contributed by atoms with Crippen molar-refractivity contribution in [1.29, 1.82) is 0 Å². The van der Waals surface area contributed by atoms with Crippen molar-refractivity contribution in [3.05, 3.63) is 53.1 Å². The van der Waals surface area contributed by atoms with Crippen LogP contribution in [0.15, 0.2) is 41.4 Å². The van der Waals surface area contributed by atoms with E-state index in [9.17, 15) is 5.11 Å². The molecule has 0 unspecified atom stereocenters. The summed E-state index contributed by atoms with van der Waals surface area (Å²) in [6.07, 6.45) is 0.146. The van der Waals surface area contributed by atoms with E-state index in [1.165, 1.54) is 0 Å². The summed E-state index contributed by atoms with van der Waals surface area (Å²) >= 11 is 0. The molecule has 25 heavy (non-hydrogen) atoms. The number of rotatable bonds is 5. The number of aliphatic imine (C=N–C) groups is 1. The van der Waals surface area contributed by atoms with E-state index in [2.05, 4.69) is 10.3 Å². The molecular formula is C19H26IN3O2. The Morgan fingerprint density at radius 3 is 2.24 bits per heavy atom. The summed E-state index contributed by atoms with van der Waals surface area (Å²) in [5, 5.41) is 12.9. The standard InChI is InChI=1S/C19H25N3O2.HI/c1-12(2)24-17-7-5-16(6-8-17)22-19(20)21-11-15-9-13(3)18(23)14(4)10-15;/h5-10,12,23H,11H2,1-4H3,(H3,20,21,22);1H. The van der Waals surface area contributed by atoms with E-state index in [-0.39, 0.29) is 30.1 Å². The summed E-state index contributed by atoms with van der Waals surface area (Å²) in [7, 11) is 0. The largest absolute Gasteiger partial charge is 0.507 e. The van der Waals surface area contributed by atoms with Crippen molar-refractivity contribution in [2.24, 2.45) is 10.7 Å². The summed E-state index contributed by atoms with van der Waals surface area (Å²) in [6, 6.07) is 11.4. The fourth-order valence-electron chi connectivity index (χ4n) is 2.39. The van der Waals surface area contributed by atoms with Crippen molar-refractivity contribution >= 4 is 35.6 Å². The van der Waals surface area contributed by atoms with Gasteiger partial charge >= 0.3 is 0 Å². The van der Waals surface area contributed by atoms with E-state index < -0.39 is 0 Å². The van der Waals surface area contributed by atoms with Crippen molar-refractivity contribution in [2.75, 3.05) is 5.32 Å². The number of aromatic hydroxyl groups is 1. The van der Waals surface area contributed by atoms with Gasteiger partial charge in [0.1, 0.15) is 11.5 Å². The second-order valence-electron chi connectivity index (χ2n) is 6.10. The zero-order valence-electron chi connectivity index (χ0n) is 15.0. The highest BCUT2D eigenvalue weighted by atomic mass is 127. The number of nitrogens with one attached hydrogen (secondary N) is 1. The van der Waals surface area contributed by atoms with Gasteiger partial charge in [0.15, 0.2) is 5.96 Å². The minimum absolute atomic E-state index is 0. The van der Waals surface area contributed by atoms with E-state index in [1.54, 1.807) is 0 Å². The zero-order chi connectivity index (χ0) is 17.7. The molecule has 0 aliphatic rings. The van der Waals surface area contributed by atoms with Crippen LogP contribution in [-0.4, -0.2) is 17.2 Å². The van der Waals surface area contributed by atoms with Gasteiger partial charge in [0.25, 0.3) is 0 Å². The number of phenolic OH excluding ortho intramolecular Hbond substituents is 1. The molecule has 6 heteroatoms. The number of aryl methyl sites for hydroxylation is 2. The summed E-state index contributed by atoms with van der Waals surface area (Å²) in [5.74, 6) is 1.49. The van der Waals surface area contributed by atoms with Crippen LogP contribution in [0, 0.1) is 13.8 Å². The highest BCUT2D eigenvalue weighted by Crippen LogP contribution is 2.23. The highest BCUT2D eigenvalue weighted by Gasteiger charge is 2.03. The minimum Gasteiger partial charge on any atom is -0.507 e. The molecule has 0 fully saturated rings. The molecule has 0 atom stereocenters. The Hall–Kier alpha value is -1.96. The fraction of sp³-hybridized carbons (Fsp3) is 0.316. The molecule has 0 aliphatic carbocycles. The molecule has 4 N–H and O–H groups in total. The van der Waals surface area contributed by atoms with Crippen LogP contribution in [0.1, 0.15) is 30.5 Å². The van der Waals surface area contributed by atoms with Crippen LogP contribution >= 0.6 is 24.0 Å². The number of hydrogen-bond donors (Lipinski definition) is 3. The van der Waals surface area contributed by atoms with Crippen molar-refractivity contribution < 1.29 is 9.84 Å². The van der Waals surface area contributed by atoms with Crippen LogP contribution in [0.5, 0.6) is 11.5 Å². The van der Waals surface area contributed by atoms with Crippen molar-refractivity contribution in [3.8, 4) is 11.5 Å². The maximum absolute atomic E-state index is 9.80. The molecule has 0 spiro atoms. The molecule has 136 valence electrons. The maximum Gasteiger partial charge on any atom is 0.193 e.